The molecule has 0 saturated heterocycles. The molecule has 1 atom stereocenters. The van der Waals surface area contributed by atoms with Gasteiger partial charge in [-0.15, -0.1) is 0 Å². The lowest BCUT2D eigenvalue weighted by Gasteiger charge is -2.20. The first kappa shape index (κ1) is 15.6. The minimum Gasteiger partial charge on any atom is -0.494 e. The molecule has 2 aromatic rings. The highest BCUT2D eigenvalue weighted by Gasteiger charge is 2.13. The Morgan fingerprint density at radius 3 is 2.33 bits per heavy atom. The van der Waals surface area contributed by atoms with Gasteiger partial charge in [0.05, 0.1) is 12.6 Å². The van der Waals surface area contributed by atoms with Crippen LogP contribution in [-0.4, -0.2) is 13.2 Å². The second kappa shape index (κ2) is 7.84. The van der Waals surface area contributed by atoms with Gasteiger partial charge in [0.1, 0.15) is 5.75 Å². The molecular weight excluding hydrogens is 258 g/mol. The minimum absolute atomic E-state index is 0.210. The molecule has 0 radical (unpaired) electrons. The number of aryl methyl sites for hydroxylation is 1. The van der Waals surface area contributed by atoms with E-state index in [0.29, 0.717) is 6.61 Å². The molecule has 1 N–H and O–H groups in total. The highest BCUT2D eigenvalue weighted by molar-refractivity contribution is 5.37. The molecule has 2 rings (SSSR count). The lowest BCUT2D eigenvalue weighted by molar-refractivity contribution is 0.339. The van der Waals surface area contributed by atoms with Gasteiger partial charge in [0, 0.05) is 0 Å². The quantitative estimate of drug-likeness (QED) is 0.816. The Balaban J connectivity index is 2.30. The highest BCUT2D eigenvalue weighted by Crippen LogP contribution is 2.25. The smallest absolute Gasteiger partial charge is 0.119 e. The topological polar surface area (TPSA) is 21.3 Å². The molecule has 2 aromatic carbocycles. The fourth-order valence-electron chi connectivity index (χ4n) is 2.53. The number of benzene rings is 2. The molecule has 0 spiro atoms. The second-order valence-electron chi connectivity index (χ2n) is 5.09. The van der Waals surface area contributed by atoms with Crippen LogP contribution in [0.5, 0.6) is 5.75 Å². The van der Waals surface area contributed by atoms with Crippen LogP contribution in [0.3, 0.4) is 0 Å². The molecule has 112 valence electrons. The molecule has 21 heavy (non-hydrogen) atoms. The zero-order valence-electron chi connectivity index (χ0n) is 13.2. The molecule has 1 unspecified atom stereocenters. The van der Waals surface area contributed by atoms with Crippen molar-refractivity contribution in [3.63, 3.8) is 0 Å². The van der Waals surface area contributed by atoms with E-state index in [9.17, 15) is 0 Å². The van der Waals surface area contributed by atoms with Crippen molar-refractivity contribution in [1.82, 2.24) is 5.32 Å². The van der Waals surface area contributed by atoms with Gasteiger partial charge in [0.2, 0.25) is 0 Å². The third kappa shape index (κ3) is 4.08. The maximum absolute atomic E-state index is 5.62. The maximum Gasteiger partial charge on any atom is 0.119 e. The van der Waals surface area contributed by atoms with E-state index in [-0.39, 0.29) is 6.04 Å². The summed E-state index contributed by atoms with van der Waals surface area (Å²) in [5.74, 6) is 0.933. The van der Waals surface area contributed by atoms with E-state index in [2.05, 4.69) is 61.6 Å². The Labute approximate surface area is 128 Å². The average molecular weight is 283 g/mol. The highest BCUT2D eigenvalue weighted by atomic mass is 16.5. The molecule has 0 heterocycles. The SMILES string of the molecule is CCNC(c1ccc(CC)cc1)c1cccc(OCC)c1. The number of hydrogen-bond donors (Lipinski definition) is 1. The van der Waals surface area contributed by atoms with Crippen molar-refractivity contribution in [3.05, 3.63) is 65.2 Å². The van der Waals surface area contributed by atoms with E-state index in [4.69, 9.17) is 4.74 Å². The Kier molecular flexibility index (Phi) is 5.82. The summed E-state index contributed by atoms with van der Waals surface area (Å²) in [5, 5.41) is 3.57. The van der Waals surface area contributed by atoms with Gasteiger partial charge in [-0.25, -0.2) is 0 Å². The average Bonchev–Trinajstić information content (AvgIpc) is 2.53. The zero-order chi connectivity index (χ0) is 15.1. The first-order valence-electron chi connectivity index (χ1n) is 7.83. The summed E-state index contributed by atoms with van der Waals surface area (Å²) in [7, 11) is 0. The Morgan fingerprint density at radius 2 is 1.71 bits per heavy atom. The van der Waals surface area contributed by atoms with Gasteiger partial charge in [0.15, 0.2) is 0 Å². The molecule has 0 aliphatic rings. The summed E-state index contributed by atoms with van der Waals surface area (Å²) in [6.07, 6.45) is 1.08. The third-order valence-corrected chi connectivity index (χ3v) is 3.63. The van der Waals surface area contributed by atoms with E-state index >= 15 is 0 Å². The van der Waals surface area contributed by atoms with Gasteiger partial charge in [-0.05, 0) is 48.7 Å². The van der Waals surface area contributed by atoms with Gasteiger partial charge >= 0.3 is 0 Å². The van der Waals surface area contributed by atoms with E-state index < -0.39 is 0 Å². The predicted octanol–water partition coefficient (Wildman–Crippen LogP) is 4.35. The molecule has 0 aliphatic heterocycles. The van der Waals surface area contributed by atoms with Crippen LogP contribution in [0.25, 0.3) is 0 Å². The summed E-state index contributed by atoms with van der Waals surface area (Å²) >= 11 is 0. The second-order valence-corrected chi connectivity index (χ2v) is 5.09. The van der Waals surface area contributed by atoms with Crippen molar-refractivity contribution in [3.8, 4) is 5.75 Å². The van der Waals surface area contributed by atoms with Crippen LogP contribution in [0.2, 0.25) is 0 Å². The maximum atomic E-state index is 5.62. The number of nitrogens with one attached hydrogen (secondary N) is 1. The van der Waals surface area contributed by atoms with Crippen molar-refractivity contribution in [2.24, 2.45) is 0 Å². The van der Waals surface area contributed by atoms with Crippen molar-refractivity contribution >= 4 is 0 Å². The summed E-state index contributed by atoms with van der Waals surface area (Å²) in [4.78, 5) is 0. The number of ether oxygens (including phenoxy) is 1. The van der Waals surface area contributed by atoms with E-state index in [0.717, 1.165) is 18.7 Å². The summed E-state index contributed by atoms with van der Waals surface area (Å²) < 4.78 is 5.62. The molecule has 0 fully saturated rings. The molecule has 0 aliphatic carbocycles. The molecule has 0 bridgehead atoms. The lowest BCUT2D eigenvalue weighted by Crippen LogP contribution is -2.22. The first-order valence-corrected chi connectivity index (χ1v) is 7.83. The van der Waals surface area contributed by atoms with Gasteiger partial charge in [0.25, 0.3) is 0 Å². The van der Waals surface area contributed by atoms with Crippen LogP contribution in [0.1, 0.15) is 43.5 Å². The molecule has 0 aromatic heterocycles. The van der Waals surface area contributed by atoms with Crippen molar-refractivity contribution in [1.29, 1.82) is 0 Å². The van der Waals surface area contributed by atoms with Crippen LogP contribution in [0.15, 0.2) is 48.5 Å². The van der Waals surface area contributed by atoms with Crippen LogP contribution < -0.4 is 10.1 Å². The van der Waals surface area contributed by atoms with Crippen molar-refractivity contribution < 1.29 is 4.74 Å². The van der Waals surface area contributed by atoms with Gasteiger partial charge in [-0.3, -0.25) is 0 Å². The van der Waals surface area contributed by atoms with Crippen LogP contribution in [0, 0.1) is 0 Å². The van der Waals surface area contributed by atoms with E-state index in [1.54, 1.807) is 0 Å². The molecule has 2 heteroatoms. The van der Waals surface area contributed by atoms with Crippen molar-refractivity contribution in [2.45, 2.75) is 33.2 Å². The fourth-order valence-corrected chi connectivity index (χ4v) is 2.53. The monoisotopic (exact) mass is 283 g/mol. The first-order chi connectivity index (χ1) is 10.3. The zero-order valence-corrected chi connectivity index (χ0v) is 13.2. The van der Waals surface area contributed by atoms with E-state index in [1.165, 1.54) is 16.7 Å². The molecule has 0 saturated carbocycles. The fraction of sp³-hybridized carbons (Fsp3) is 0.368. The van der Waals surface area contributed by atoms with Crippen LogP contribution in [-0.2, 0) is 6.42 Å². The molecule has 0 amide bonds. The Hall–Kier alpha value is -1.80. The molecular formula is C19H25NO. The van der Waals surface area contributed by atoms with Crippen molar-refractivity contribution in [2.75, 3.05) is 13.2 Å². The summed E-state index contributed by atoms with van der Waals surface area (Å²) in [5.41, 5.74) is 3.91. The minimum atomic E-state index is 0.210. The Morgan fingerprint density at radius 1 is 0.952 bits per heavy atom. The largest absolute Gasteiger partial charge is 0.494 e. The molecule has 2 nitrogen and oxygen atoms in total. The van der Waals surface area contributed by atoms with Crippen LogP contribution in [0.4, 0.5) is 0 Å². The number of hydrogen-bond acceptors (Lipinski definition) is 2. The van der Waals surface area contributed by atoms with E-state index in [1.807, 2.05) is 13.0 Å². The Bertz CT molecular complexity index is 548. The lowest BCUT2D eigenvalue weighted by atomic mass is 9.97. The van der Waals surface area contributed by atoms with Crippen LogP contribution >= 0.6 is 0 Å². The normalized spacial score (nSPS) is 12.1. The third-order valence-electron chi connectivity index (χ3n) is 3.63. The standard InChI is InChI=1S/C19H25NO/c1-4-15-10-12-16(13-11-15)19(20-5-2)17-8-7-9-18(14-17)21-6-3/h7-14,19-20H,4-6H2,1-3H3. The van der Waals surface area contributed by atoms with Gasteiger partial charge < -0.3 is 10.1 Å². The predicted molar refractivity (Wildman–Crippen MR) is 89.0 cm³/mol. The summed E-state index contributed by atoms with van der Waals surface area (Å²) in [6.45, 7) is 7.96. The van der Waals surface area contributed by atoms with Gasteiger partial charge in [-0.1, -0.05) is 50.2 Å². The summed E-state index contributed by atoms with van der Waals surface area (Å²) in [6, 6.07) is 17.4. The number of rotatable bonds is 7. The van der Waals surface area contributed by atoms with Gasteiger partial charge in [-0.2, -0.15) is 0 Å².